The smallest absolute Gasteiger partial charge is 0.164 e. The predicted octanol–water partition coefficient (Wildman–Crippen LogP) is 1.61. The van der Waals surface area contributed by atoms with Crippen LogP contribution in [0.1, 0.15) is 44.9 Å². The molecule has 0 radical (unpaired) electrons. The zero-order valence-corrected chi connectivity index (χ0v) is 12.6. The number of hydrogen-bond acceptors (Lipinski definition) is 4. The maximum Gasteiger partial charge on any atom is 0.164 e. The Morgan fingerprint density at radius 1 is 1.25 bits per heavy atom. The molecule has 1 aliphatic carbocycles. The lowest BCUT2D eigenvalue weighted by Gasteiger charge is -2.60. The minimum Gasteiger partial charge on any atom is -0.394 e. The van der Waals surface area contributed by atoms with E-state index < -0.39 is 5.54 Å². The molecular formula is C16H27NO3. The highest BCUT2D eigenvalue weighted by molar-refractivity contribution is 5.96. The van der Waals surface area contributed by atoms with Gasteiger partial charge in [0.1, 0.15) is 5.54 Å². The Kier molecular flexibility index (Phi) is 3.91. The zero-order chi connectivity index (χ0) is 14.2. The van der Waals surface area contributed by atoms with E-state index in [9.17, 15) is 9.90 Å². The average Bonchev–Trinajstić information content (AvgIpc) is 2.52. The van der Waals surface area contributed by atoms with Crippen molar-refractivity contribution >= 4 is 5.78 Å². The molecule has 3 saturated heterocycles. The van der Waals surface area contributed by atoms with E-state index in [1.54, 1.807) is 7.11 Å². The van der Waals surface area contributed by atoms with Crippen molar-refractivity contribution in [1.82, 2.24) is 4.90 Å². The second kappa shape index (κ2) is 5.39. The van der Waals surface area contributed by atoms with Crippen LogP contribution in [-0.4, -0.2) is 54.7 Å². The summed E-state index contributed by atoms with van der Waals surface area (Å²) in [4.78, 5) is 15.4. The van der Waals surface area contributed by atoms with E-state index in [4.69, 9.17) is 4.74 Å². The number of hydrogen-bond donors (Lipinski definition) is 1. The van der Waals surface area contributed by atoms with Crippen LogP contribution in [0.5, 0.6) is 0 Å². The molecule has 4 nitrogen and oxygen atoms in total. The van der Waals surface area contributed by atoms with Gasteiger partial charge in [0.2, 0.25) is 0 Å². The quantitative estimate of drug-likeness (QED) is 0.850. The molecule has 114 valence electrons. The second-order valence-electron chi connectivity index (χ2n) is 6.93. The predicted molar refractivity (Wildman–Crippen MR) is 76.5 cm³/mol. The van der Waals surface area contributed by atoms with Crippen molar-refractivity contribution < 1.29 is 14.6 Å². The lowest BCUT2D eigenvalue weighted by Crippen LogP contribution is -2.73. The molecule has 4 heteroatoms. The zero-order valence-electron chi connectivity index (χ0n) is 12.6. The Labute approximate surface area is 121 Å². The second-order valence-corrected chi connectivity index (χ2v) is 6.93. The Morgan fingerprint density at radius 3 is 2.45 bits per heavy atom. The summed E-state index contributed by atoms with van der Waals surface area (Å²) >= 11 is 0. The van der Waals surface area contributed by atoms with Gasteiger partial charge in [0, 0.05) is 25.6 Å². The van der Waals surface area contributed by atoms with Crippen molar-refractivity contribution in [1.29, 1.82) is 0 Å². The lowest BCUT2D eigenvalue weighted by molar-refractivity contribution is -0.178. The van der Waals surface area contributed by atoms with Crippen LogP contribution in [-0.2, 0) is 9.53 Å². The third-order valence-corrected chi connectivity index (χ3v) is 6.17. The summed E-state index contributed by atoms with van der Waals surface area (Å²) in [7, 11) is 1.63. The van der Waals surface area contributed by atoms with E-state index in [-0.39, 0.29) is 17.8 Å². The number of aliphatic hydroxyl groups is 1. The van der Waals surface area contributed by atoms with Crippen LogP contribution in [0, 0.1) is 11.3 Å². The van der Waals surface area contributed by atoms with Gasteiger partial charge in [0.25, 0.3) is 0 Å². The Hall–Kier alpha value is -0.450. The van der Waals surface area contributed by atoms with Crippen molar-refractivity contribution in [3.05, 3.63) is 0 Å². The van der Waals surface area contributed by atoms with Crippen molar-refractivity contribution in [3.8, 4) is 0 Å². The largest absolute Gasteiger partial charge is 0.394 e. The molecule has 2 bridgehead atoms. The van der Waals surface area contributed by atoms with E-state index in [1.807, 2.05) is 0 Å². The van der Waals surface area contributed by atoms with Gasteiger partial charge in [-0.05, 0) is 31.6 Å². The van der Waals surface area contributed by atoms with E-state index in [1.165, 1.54) is 32.1 Å². The number of carbonyl (C=O) groups is 1. The highest BCUT2D eigenvalue weighted by Gasteiger charge is 2.62. The van der Waals surface area contributed by atoms with Gasteiger partial charge in [-0.25, -0.2) is 0 Å². The first-order chi connectivity index (χ1) is 9.69. The van der Waals surface area contributed by atoms with Gasteiger partial charge in [-0.2, -0.15) is 0 Å². The number of aliphatic hydroxyl groups excluding tert-OH is 1. The van der Waals surface area contributed by atoms with Crippen LogP contribution in [0.4, 0.5) is 0 Å². The van der Waals surface area contributed by atoms with Gasteiger partial charge in [-0.15, -0.1) is 0 Å². The van der Waals surface area contributed by atoms with Crippen LogP contribution in [0.15, 0.2) is 0 Å². The maximum absolute atomic E-state index is 13.3. The third kappa shape index (κ3) is 1.88. The van der Waals surface area contributed by atoms with Crippen LogP contribution in [0.2, 0.25) is 0 Å². The van der Waals surface area contributed by atoms with Gasteiger partial charge in [0.05, 0.1) is 13.2 Å². The number of carbonyl (C=O) groups excluding carboxylic acids is 1. The van der Waals surface area contributed by atoms with E-state index >= 15 is 0 Å². The molecule has 1 N–H and O–H groups in total. The summed E-state index contributed by atoms with van der Waals surface area (Å²) in [5, 5.41) is 9.94. The number of ether oxygens (including phenoxy) is 1. The maximum atomic E-state index is 13.3. The Bertz CT molecular complexity index is 370. The van der Waals surface area contributed by atoms with Crippen LogP contribution in [0.25, 0.3) is 0 Å². The van der Waals surface area contributed by atoms with E-state index in [0.29, 0.717) is 12.5 Å². The van der Waals surface area contributed by atoms with Gasteiger partial charge < -0.3 is 9.84 Å². The van der Waals surface area contributed by atoms with Crippen LogP contribution < -0.4 is 0 Å². The highest BCUT2D eigenvalue weighted by atomic mass is 16.5. The molecule has 0 spiro atoms. The number of Topliss-reactive ketones (excluding diaryl/α,β-unsaturated/α-hetero) is 1. The molecule has 0 amide bonds. The fourth-order valence-electron chi connectivity index (χ4n) is 5.03. The number of rotatable bonds is 4. The minimum atomic E-state index is -0.761. The summed E-state index contributed by atoms with van der Waals surface area (Å²) in [5.74, 6) is 0.813. The van der Waals surface area contributed by atoms with E-state index in [0.717, 1.165) is 25.9 Å². The number of piperidine rings is 3. The molecule has 0 unspecified atom stereocenters. The molecule has 3 heterocycles. The lowest BCUT2D eigenvalue weighted by atomic mass is 9.55. The SMILES string of the molecule is COC[C@@]1(CO)C(=O)C2(C3CCCCC3)CCN1CC2. The van der Waals surface area contributed by atoms with E-state index in [2.05, 4.69) is 4.90 Å². The first-order valence-electron chi connectivity index (χ1n) is 8.09. The number of ketones is 1. The average molecular weight is 281 g/mol. The number of methoxy groups -OCH3 is 1. The minimum absolute atomic E-state index is 0.103. The molecule has 1 saturated carbocycles. The topological polar surface area (TPSA) is 49.8 Å². The van der Waals surface area contributed by atoms with Crippen LogP contribution >= 0.6 is 0 Å². The molecule has 3 aliphatic heterocycles. The Morgan fingerprint density at radius 2 is 1.90 bits per heavy atom. The summed E-state index contributed by atoms with van der Waals surface area (Å²) in [6.07, 6.45) is 8.21. The molecule has 0 aromatic carbocycles. The van der Waals surface area contributed by atoms with Gasteiger partial charge in [-0.1, -0.05) is 19.3 Å². The molecule has 20 heavy (non-hydrogen) atoms. The summed E-state index contributed by atoms with van der Waals surface area (Å²) < 4.78 is 5.31. The molecule has 0 aromatic rings. The van der Waals surface area contributed by atoms with Crippen molar-refractivity contribution in [2.75, 3.05) is 33.4 Å². The molecular weight excluding hydrogens is 254 g/mol. The summed E-state index contributed by atoms with van der Waals surface area (Å²) in [5.41, 5.74) is -0.931. The van der Waals surface area contributed by atoms with Gasteiger partial charge >= 0.3 is 0 Å². The first kappa shape index (κ1) is 14.5. The molecule has 4 rings (SSSR count). The number of fused-ring (bicyclic) bond motifs is 3. The normalized spacial score (nSPS) is 42.1. The third-order valence-electron chi connectivity index (χ3n) is 6.17. The first-order valence-corrected chi connectivity index (χ1v) is 8.09. The molecule has 1 atom stereocenters. The Balaban J connectivity index is 1.93. The fraction of sp³-hybridized carbons (Fsp3) is 0.938. The highest BCUT2D eigenvalue weighted by Crippen LogP contribution is 2.53. The van der Waals surface area contributed by atoms with Crippen molar-refractivity contribution in [2.24, 2.45) is 11.3 Å². The summed E-state index contributed by atoms with van der Waals surface area (Å²) in [6, 6.07) is 0. The monoisotopic (exact) mass is 281 g/mol. The van der Waals surface area contributed by atoms with Gasteiger partial charge in [-0.3, -0.25) is 9.69 Å². The molecule has 0 aromatic heterocycles. The van der Waals surface area contributed by atoms with Gasteiger partial charge in [0.15, 0.2) is 5.78 Å². The van der Waals surface area contributed by atoms with Crippen molar-refractivity contribution in [2.45, 2.75) is 50.5 Å². The van der Waals surface area contributed by atoms with Crippen molar-refractivity contribution in [3.63, 3.8) is 0 Å². The fourth-order valence-corrected chi connectivity index (χ4v) is 5.03. The molecule has 4 fully saturated rings. The number of nitrogens with zero attached hydrogens (tertiary/aromatic N) is 1. The standard InChI is InChI=1S/C16H27NO3/c1-20-12-16(11-18)14(19)15(7-9-17(16)10-8-15)13-5-3-2-4-6-13/h13,18H,2-12H2,1H3/t16-/m0/s1. The molecule has 4 aliphatic rings. The van der Waals surface area contributed by atoms with Crippen LogP contribution in [0.3, 0.4) is 0 Å². The summed E-state index contributed by atoms with van der Waals surface area (Å²) in [6.45, 7) is 2.10.